The number of hydrogen-bond donors (Lipinski definition) is 3. The van der Waals surface area contributed by atoms with Gasteiger partial charge in [0.25, 0.3) is 5.91 Å². The number of rotatable bonds is 8. The van der Waals surface area contributed by atoms with Crippen LogP contribution in [0, 0.1) is 0 Å². The van der Waals surface area contributed by atoms with Crippen molar-refractivity contribution in [3.8, 4) is 0 Å². The monoisotopic (exact) mass is 427 g/mol. The predicted molar refractivity (Wildman–Crippen MR) is 125 cm³/mol. The Balaban J connectivity index is 1.34. The number of carbonyl (C=O) groups excluding carboxylic acids is 2. The molecule has 0 radical (unpaired) electrons. The molecule has 32 heavy (non-hydrogen) atoms. The van der Waals surface area contributed by atoms with Gasteiger partial charge in [-0.05, 0) is 53.6 Å². The number of furan rings is 1. The first kappa shape index (κ1) is 21.3. The van der Waals surface area contributed by atoms with E-state index in [-0.39, 0.29) is 30.9 Å². The average Bonchev–Trinajstić information content (AvgIpc) is 3.35. The standard InChI is InChI=1S/C26H25N3O3/c1-18(20-13-12-19-7-2-3-8-21(19)15-20)27-17-25(30)29-24-11-5-4-10-23(24)26(31)28-16-22-9-6-14-32-22/h2-15,18,27H,16-17H2,1H3,(H,28,31)(H,29,30)/t18-/m0/s1. The summed E-state index contributed by atoms with van der Waals surface area (Å²) in [6.07, 6.45) is 1.56. The second-order valence-corrected chi connectivity index (χ2v) is 7.56. The Labute approximate surface area is 186 Å². The molecule has 0 bridgehead atoms. The molecule has 6 nitrogen and oxygen atoms in total. The van der Waals surface area contributed by atoms with Crippen molar-refractivity contribution >= 4 is 28.3 Å². The quantitative estimate of drug-likeness (QED) is 0.382. The first-order chi connectivity index (χ1) is 15.6. The SMILES string of the molecule is C[C@H](NCC(=O)Nc1ccccc1C(=O)NCc1ccco1)c1ccc2ccccc2c1. The van der Waals surface area contributed by atoms with Crippen LogP contribution in [0.4, 0.5) is 5.69 Å². The maximum atomic E-state index is 12.6. The first-order valence-corrected chi connectivity index (χ1v) is 10.5. The Hall–Kier alpha value is -3.90. The van der Waals surface area contributed by atoms with Crippen LogP contribution < -0.4 is 16.0 Å². The van der Waals surface area contributed by atoms with Gasteiger partial charge in [-0.3, -0.25) is 9.59 Å². The Bertz CT molecular complexity index is 1220. The van der Waals surface area contributed by atoms with Gasteiger partial charge in [-0.1, -0.05) is 48.5 Å². The van der Waals surface area contributed by atoms with Gasteiger partial charge >= 0.3 is 0 Å². The maximum absolute atomic E-state index is 12.6. The molecule has 4 rings (SSSR count). The molecule has 1 aromatic heterocycles. The Kier molecular flexibility index (Phi) is 6.63. The lowest BCUT2D eigenvalue weighted by Crippen LogP contribution is -2.31. The van der Waals surface area contributed by atoms with Crippen molar-refractivity contribution in [1.82, 2.24) is 10.6 Å². The summed E-state index contributed by atoms with van der Waals surface area (Å²) < 4.78 is 5.24. The van der Waals surface area contributed by atoms with E-state index in [2.05, 4.69) is 46.3 Å². The van der Waals surface area contributed by atoms with E-state index in [0.29, 0.717) is 17.0 Å². The van der Waals surface area contributed by atoms with Crippen LogP contribution in [0.25, 0.3) is 10.8 Å². The van der Waals surface area contributed by atoms with Gasteiger partial charge in [0.05, 0.1) is 30.6 Å². The van der Waals surface area contributed by atoms with Gasteiger partial charge in [0.1, 0.15) is 5.76 Å². The van der Waals surface area contributed by atoms with E-state index in [0.717, 1.165) is 10.9 Å². The zero-order chi connectivity index (χ0) is 22.3. The Morgan fingerprint density at radius 2 is 1.69 bits per heavy atom. The van der Waals surface area contributed by atoms with Crippen LogP contribution in [0.5, 0.6) is 0 Å². The van der Waals surface area contributed by atoms with E-state index in [9.17, 15) is 9.59 Å². The second kappa shape index (κ2) is 9.94. The molecule has 0 aliphatic rings. The number of benzene rings is 3. The lowest BCUT2D eigenvalue weighted by Gasteiger charge is -2.16. The van der Waals surface area contributed by atoms with Crippen LogP contribution in [0.15, 0.2) is 89.5 Å². The van der Waals surface area contributed by atoms with Crippen molar-refractivity contribution in [3.63, 3.8) is 0 Å². The van der Waals surface area contributed by atoms with Crippen LogP contribution in [-0.4, -0.2) is 18.4 Å². The van der Waals surface area contributed by atoms with Crippen molar-refractivity contribution < 1.29 is 14.0 Å². The summed E-state index contributed by atoms with van der Waals surface area (Å²) in [4.78, 5) is 25.1. The van der Waals surface area contributed by atoms with Gasteiger partial charge in [-0.2, -0.15) is 0 Å². The minimum absolute atomic E-state index is 0.00260. The molecule has 2 amide bonds. The van der Waals surface area contributed by atoms with Gasteiger partial charge in [-0.25, -0.2) is 0 Å². The molecule has 1 heterocycles. The molecule has 4 aromatic rings. The minimum Gasteiger partial charge on any atom is -0.467 e. The fourth-order valence-corrected chi connectivity index (χ4v) is 3.50. The molecule has 0 unspecified atom stereocenters. The summed E-state index contributed by atoms with van der Waals surface area (Å²) in [6, 6.07) is 24.9. The number of para-hydroxylation sites is 1. The molecule has 6 heteroatoms. The fraction of sp³-hybridized carbons (Fsp3) is 0.154. The molecule has 0 fully saturated rings. The van der Waals surface area contributed by atoms with Gasteiger partial charge in [0.2, 0.25) is 5.91 Å². The van der Waals surface area contributed by atoms with E-state index in [1.54, 1.807) is 42.7 Å². The highest BCUT2D eigenvalue weighted by Crippen LogP contribution is 2.20. The van der Waals surface area contributed by atoms with Crippen molar-refractivity contribution in [3.05, 3.63) is 102 Å². The van der Waals surface area contributed by atoms with Crippen molar-refractivity contribution in [2.45, 2.75) is 19.5 Å². The third-order valence-electron chi connectivity index (χ3n) is 5.29. The fourth-order valence-electron chi connectivity index (χ4n) is 3.50. The van der Waals surface area contributed by atoms with E-state index in [1.165, 1.54) is 5.39 Å². The second-order valence-electron chi connectivity index (χ2n) is 7.56. The minimum atomic E-state index is -0.283. The van der Waals surface area contributed by atoms with Gasteiger partial charge in [-0.15, -0.1) is 0 Å². The summed E-state index contributed by atoms with van der Waals surface area (Å²) in [5.74, 6) is 0.158. The molecule has 0 aliphatic carbocycles. The number of fused-ring (bicyclic) bond motifs is 1. The van der Waals surface area contributed by atoms with Crippen LogP contribution in [0.3, 0.4) is 0 Å². The molecular formula is C26H25N3O3. The molecule has 1 atom stereocenters. The van der Waals surface area contributed by atoms with Crippen LogP contribution >= 0.6 is 0 Å². The van der Waals surface area contributed by atoms with E-state index in [1.807, 2.05) is 19.1 Å². The number of anilines is 1. The van der Waals surface area contributed by atoms with Crippen molar-refractivity contribution in [2.24, 2.45) is 0 Å². The zero-order valence-corrected chi connectivity index (χ0v) is 17.8. The molecule has 3 N–H and O–H groups in total. The largest absolute Gasteiger partial charge is 0.467 e. The molecule has 0 saturated carbocycles. The third-order valence-corrected chi connectivity index (χ3v) is 5.29. The molecule has 0 spiro atoms. The highest BCUT2D eigenvalue weighted by molar-refractivity contribution is 6.04. The topological polar surface area (TPSA) is 83.4 Å². The van der Waals surface area contributed by atoms with Gasteiger partial charge in [0, 0.05) is 6.04 Å². The summed E-state index contributed by atoms with van der Waals surface area (Å²) in [5, 5.41) is 11.2. The highest BCUT2D eigenvalue weighted by Gasteiger charge is 2.14. The number of amides is 2. The highest BCUT2D eigenvalue weighted by atomic mass is 16.3. The maximum Gasteiger partial charge on any atom is 0.253 e. The number of carbonyl (C=O) groups is 2. The van der Waals surface area contributed by atoms with Gasteiger partial charge < -0.3 is 20.4 Å². The molecule has 3 aromatic carbocycles. The summed E-state index contributed by atoms with van der Waals surface area (Å²) >= 11 is 0. The predicted octanol–water partition coefficient (Wildman–Crippen LogP) is 4.65. The molecule has 0 saturated heterocycles. The smallest absolute Gasteiger partial charge is 0.253 e. The third kappa shape index (κ3) is 5.22. The lowest BCUT2D eigenvalue weighted by molar-refractivity contribution is -0.115. The van der Waals surface area contributed by atoms with Gasteiger partial charge in [0.15, 0.2) is 0 Å². The van der Waals surface area contributed by atoms with E-state index < -0.39 is 0 Å². The first-order valence-electron chi connectivity index (χ1n) is 10.5. The summed E-state index contributed by atoms with van der Waals surface area (Å²) in [7, 11) is 0. The summed E-state index contributed by atoms with van der Waals surface area (Å²) in [5.41, 5.74) is 1.97. The van der Waals surface area contributed by atoms with Crippen molar-refractivity contribution in [1.29, 1.82) is 0 Å². The molecule has 0 aliphatic heterocycles. The zero-order valence-electron chi connectivity index (χ0n) is 17.8. The Morgan fingerprint density at radius 1 is 0.906 bits per heavy atom. The van der Waals surface area contributed by atoms with Crippen LogP contribution in [0.2, 0.25) is 0 Å². The Morgan fingerprint density at radius 3 is 2.50 bits per heavy atom. The molecular weight excluding hydrogens is 402 g/mol. The number of hydrogen-bond acceptors (Lipinski definition) is 4. The lowest BCUT2D eigenvalue weighted by atomic mass is 10.0. The van der Waals surface area contributed by atoms with E-state index >= 15 is 0 Å². The average molecular weight is 428 g/mol. The normalized spacial score (nSPS) is 11.8. The van der Waals surface area contributed by atoms with E-state index in [4.69, 9.17) is 4.42 Å². The summed E-state index contributed by atoms with van der Waals surface area (Å²) in [6.45, 7) is 2.42. The van der Waals surface area contributed by atoms with Crippen LogP contribution in [-0.2, 0) is 11.3 Å². The molecule has 162 valence electrons. The van der Waals surface area contributed by atoms with Crippen molar-refractivity contribution in [2.75, 3.05) is 11.9 Å². The van der Waals surface area contributed by atoms with Crippen LogP contribution in [0.1, 0.15) is 34.6 Å². The number of nitrogens with one attached hydrogen (secondary N) is 3.